The predicted octanol–water partition coefficient (Wildman–Crippen LogP) is 3.81. The van der Waals surface area contributed by atoms with Crippen LogP contribution < -0.4 is 14.8 Å². The third kappa shape index (κ3) is 3.68. The number of hydrogen-bond donors (Lipinski definition) is 1. The van der Waals surface area contributed by atoms with Crippen LogP contribution in [0.2, 0.25) is 0 Å². The van der Waals surface area contributed by atoms with E-state index in [1.807, 2.05) is 25.1 Å². The van der Waals surface area contributed by atoms with Crippen molar-refractivity contribution in [1.82, 2.24) is 9.97 Å². The molecule has 1 aliphatic carbocycles. The Labute approximate surface area is 157 Å². The second kappa shape index (κ2) is 7.44. The predicted molar refractivity (Wildman–Crippen MR) is 103 cm³/mol. The van der Waals surface area contributed by atoms with E-state index in [1.54, 1.807) is 20.5 Å². The van der Waals surface area contributed by atoms with Crippen molar-refractivity contribution in [2.24, 2.45) is 0 Å². The smallest absolute Gasteiger partial charge is 0.295 e. The van der Waals surface area contributed by atoms with E-state index >= 15 is 0 Å². The lowest BCUT2D eigenvalue weighted by molar-refractivity contribution is 0.146. The molecule has 2 aromatic heterocycles. The number of fused-ring (bicyclic) bond motifs is 1. The van der Waals surface area contributed by atoms with Crippen molar-refractivity contribution < 1.29 is 18.6 Å². The maximum absolute atomic E-state index is 5.81. The zero-order valence-corrected chi connectivity index (χ0v) is 15.7. The van der Waals surface area contributed by atoms with Gasteiger partial charge in [0.1, 0.15) is 30.1 Å². The standard InChI is InChI=1S/C20H23N3O4/c1-12-17(26-9-8-24-2)7-6-14-18(25-3)10-15(22-19(12)14)16-11-27-20(23-16)21-13-4-5-13/h6-7,10-11,13H,4-5,8-9H2,1-3H3,(H,21,23). The number of aromatic nitrogens is 2. The molecule has 0 unspecified atom stereocenters. The summed E-state index contributed by atoms with van der Waals surface area (Å²) in [5, 5.41) is 4.18. The number of ether oxygens (including phenoxy) is 3. The average Bonchev–Trinajstić information content (AvgIpc) is 3.37. The molecule has 0 amide bonds. The summed E-state index contributed by atoms with van der Waals surface area (Å²) in [4.78, 5) is 9.32. The number of anilines is 1. The van der Waals surface area contributed by atoms with E-state index in [4.69, 9.17) is 23.6 Å². The highest BCUT2D eigenvalue weighted by Gasteiger charge is 2.23. The molecule has 1 aliphatic rings. The van der Waals surface area contributed by atoms with Crippen LogP contribution in [-0.4, -0.2) is 43.4 Å². The highest BCUT2D eigenvalue weighted by Crippen LogP contribution is 2.35. The lowest BCUT2D eigenvalue weighted by Crippen LogP contribution is -2.05. The molecule has 142 valence electrons. The Morgan fingerprint density at radius 1 is 1.11 bits per heavy atom. The molecule has 0 bridgehead atoms. The second-order valence-electron chi connectivity index (χ2n) is 6.59. The summed E-state index contributed by atoms with van der Waals surface area (Å²) >= 11 is 0. The Kier molecular flexibility index (Phi) is 4.85. The Bertz CT molecular complexity index is 950. The van der Waals surface area contributed by atoms with E-state index in [2.05, 4.69) is 10.3 Å². The first-order valence-corrected chi connectivity index (χ1v) is 9.02. The number of benzene rings is 1. The second-order valence-corrected chi connectivity index (χ2v) is 6.59. The third-order valence-electron chi connectivity index (χ3n) is 4.58. The van der Waals surface area contributed by atoms with Crippen LogP contribution in [0.5, 0.6) is 11.5 Å². The van der Waals surface area contributed by atoms with Crippen LogP contribution in [0.4, 0.5) is 6.01 Å². The summed E-state index contributed by atoms with van der Waals surface area (Å²) in [7, 11) is 3.30. The minimum atomic E-state index is 0.477. The minimum absolute atomic E-state index is 0.477. The molecule has 1 fully saturated rings. The molecule has 1 N–H and O–H groups in total. The first kappa shape index (κ1) is 17.6. The quantitative estimate of drug-likeness (QED) is 0.605. The van der Waals surface area contributed by atoms with Gasteiger partial charge in [-0.1, -0.05) is 0 Å². The first-order chi connectivity index (χ1) is 13.2. The van der Waals surface area contributed by atoms with E-state index in [-0.39, 0.29) is 0 Å². The lowest BCUT2D eigenvalue weighted by Gasteiger charge is -2.13. The van der Waals surface area contributed by atoms with Crippen LogP contribution in [0, 0.1) is 6.92 Å². The summed E-state index contributed by atoms with van der Waals surface area (Å²) in [6.45, 7) is 3.01. The van der Waals surface area contributed by atoms with Crippen LogP contribution in [-0.2, 0) is 4.74 Å². The molecule has 3 aromatic rings. The van der Waals surface area contributed by atoms with Crippen molar-refractivity contribution in [1.29, 1.82) is 0 Å². The monoisotopic (exact) mass is 369 g/mol. The van der Waals surface area contributed by atoms with Crippen LogP contribution in [0.15, 0.2) is 28.9 Å². The van der Waals surface area contributed by atoms with Gasteiger partial charge in [-0.25, -0.2) is 4.98 Å². The molecule has 4 rings (SSSR count). The zero-order valence-electron chi connectivity index (χ0n) is 15.7. The van der Waals surface area contributed by atoms with Gasteiger partial charge in [0.2, 0.25) is 0 Å². The highest BCUT2D eigenvalue weighted by atomic mass is 16.5. The number of nitrogens with zero attached hydrogens (tertiary/aromatic N) is 2. The number of nitrogens with one attached hydrogen (secondary N) is 1. The highest BCUT2D eigenvalue weighted by molar-refractivity contribution is 5.91. The van der Waals surface area contributed by atoms with Crippen molar-refractivity contribution in [3.8, 4) is 22.9 Å². The van der Waals surface area contributed by atoms with E-state index in [0.717, 1.165) is 40.8 Å². The Balaban J connectivity index is 1.72. The summed E-state index contributed by atoms with van der Waals surface area (Å²) in [6.07, 6.45) is 3.93. The molecule has 0 spiro atoms. The number of hydrogen-bond acceptors (Lipinski definition) is 7. The fraction of sp³-hybridized carbons (Fsp3) is 0.400. The Morgan fingerprint density at radius 3 is 2.70 bits per heavy atom. The fourth-order valence-electron chi connectivity index (χ4n) is 2.93. The topological polar surface area (TPSA) is 78.6 Å². The molecule has 7 nitrogen and oxygen atoms in total. The van der Waals surface area contributed by atoms with Gasteiger partial charge in [0, 0.05) is 30.2 Å². The van der Waals surface area contributed by atoms with E-state index in [9.17, 15) is 0 Å². The van der Waals surface area contributed by atoms with Crippen molar-refractivity contribution in [2.75, 3.05) is 32.8 Å². The first-order valence-electron chi connectivity index (χ1n) is 9.02. The van der Waals surface area contributed by atoms with Gasteiger partial charge in [-0.3, -0.25) is 0 Å². The summed E-state index contributed by atoms with van der Waals surface area (Å²) in [6, 6.07) is 6.78. The molecule has 0 aliphatic heterocycles. The molecule has 1 aromatic carbocycles. The number of rotatable bonds is 8. The minimum Gasteiger partial charge on any atom is -0.496 e. The Morgan fingerprint density at radius 2 is 1.96 bits per heavy atom. The van der Waals surface area contributed by atoms with E-state index in [0.29, 0.717) is 36.7 Å². The third-order valence-corrected chi connectivity index (χ3v) is 4.58. The van der Waals surface area contributed by atoms with E-state index in [1.165, 1.54) is 0 Å². The maximum Gasteiger partial charge on any atom is 0.295 e. The van der Waals surface area contributed by atoms with Crippen molar-refractivity contribution >= 4 is 16.9 Å². The van der Waals surface area contributed by atoms with Crippen LogP contribution in [0.3, 0.4) is 0 Å². The number of methoxy groups -OCH3 is 2. The van der Waals surface area contributed by atoms with Gasteiger partial charge in [-0.15, -0.1) is 0 Å². The van der Waals surface area contributed by atoms with Gasteiger partial charge in [0.25, 0.3) is 6.01 Å². The van der Waals surface area contributed by atoms with Gasteiger partial charge >= 0.3 is 0 Å². The van der Waals surface area contributed by atoms with Gasteiger partial charge < -0.3 is 23.9 Å². The normalized spacial score (nSPS) is 13.7. The van der Waals surface area contributed by atoms with E-state index < -0.39 is 0 Å². The Hall–Kier alpha value is -2.80. The van der Waals surface area contributed by atoms with Gasteiger partial charge in [-0.05, 0) is 31.9 Å². The lowest BCUT2D eigenvalue weighted by atomic mass is 10.1. The largest absolute Gasteiger partial charge is 0.496 e. The summed E-state index contributed by atoms with van der Waals surface area (Å²) in [5.41, 5.74) is 3.13. The SMILES string of the molecule is COCCOc1ccc2c(OC)cc(-c3coc(NC4CC4)n3)nc2c1C. The molecule has 2 heterocycles. The van der Waals surface area contributed by atoms with Gasteiger partial charge in [-0.2, -0.15) is 4.98 Å². The van der Waals surface area contributed by atoms with Crippen LogP contribution >= 0.6 is 0 Å². The molecule has 0 radical (unpaired) electrons. The van der Waals surface area contributed by atoms with Gasteiger partial charge in [0.15, 0.2) is 0 Å². The summed E-state index contributed by atoms with van der Waals surface area (Å²) in [5.74, 6) is 1.52. The van der Waals surface area contributed by atoms with Crippen molar-refractivity contribution in [3.05, 3.63) is 30.0 Å². The van der Waals surface area contributed by atoms with Crippen LogP contribution in [0.1, 0.15) is 18.4 Å². The molecule has 7 heteroatoms. The van der Waals surface area contributed by atoms with Gasteiger partial charge in [0.05, 0.1) is 24.9 Å². The number of oxazole rings is 1. The average molecular weight is 369 g/mol. The molecule has 0 saturated heterocycles. The van der Waals surface area contributed by atoms with Crippen LogP contribution in [0.25, 0.3) is 22.3 Å². The molecular weight excluding hydrogens is 346 g/mol. The number of aryl methyl sites for hydroxylation is 1. The molecule has 0 atom stereocenters. The molecular formula is C20H23N3O4. The molecule has 27 heavy (non-hydrogen) atoms. The fourth-order valence-corrected chi connectivity index (χ4v) is 2.93. The summed E-state index contributed by atoms with van der Waals surface area (Å²) < 4.78 is 22.0. The zero-order chi connectivity index (χ0) is 18.8. The van der Waals surface area contributed by atoms with Crippen molar-refractivity contribution in [2.45, 2.75) is 25.8 Å². The molecule has 1 saturated carbocycles. The number of pyridine rings is 1. The maximum atomic E-state index is 5.81. The van der Waals surface area contributed by atoms with Crippen molar-refractivity contribution in [3.63, 3.8) is 0 Å².